The molecule has 11 heteroatoms. The standard InChI is InChI=1S/C21H23N3O6S2/c1-13-9-10-15(32(27,28)24(3)4)11-17(13)22-20(26)14(2)29-19(25)12-31-21-23-16-7-5-6-8-18(16)30-21/h5-11,14H,12H2,1-4H3,(H,22,26)/t14-/m0/s1. The second-order valence-electron chi connectivity index (χ2n) is 7.12. The minimum absolute atomic E-state index is 0.0442. The molecule has 0 saturated carbocycles. The van der Waals surface area contributed by atoms with Crippen molar-refractivity contribution in [2.45, 2.75) is 30.1 Å². The zero-order valence-electron chi connectivity index (χ0n) is 18.0. The third-order valence-corrected chi connectivity index (χ3v) is 7.12. The van der Waals surface area contributed by atoms with Crippen LogP contribution in [0.4, 0.5) is 5.69 Å². The Morgan fingerprint density at radius 1 is 1.22 bits per heavy atom. The van der Waals surface area contributed by atoms with Gasteiger partial charge in [0.25, 0.3) is 11.1 Å². The Morgan fingerprint density at radius 3 is 2.62 bits per heavy atom. The van der Waals surface area contributed by atoms with Gasteiger partial charge in [0.2, 0.25) is 10.0 Å². The lowest BCUT2D eigenvalue weighted by Crippen LogP contribution is -2.31. The zero-order chi connectivity index (χ0) is 23.5. The summed E-state index contributed by atoms with van der Waals surface area (Å²) in [6.45, 7) is 3.17. The van der Waals surface area contributed by atoms with E-state index >= 15 is 0 Å². The fraction of sp³-hybridized carbons (Fsp3) is 0.286. The lowest BCUT2D eigenvalue weighted by atomic mass is 10.2. The molecule has 1 amide bonds. The van der Waals surface area contributed by atoms with Crippen molar-refractivity contribution in [3.8, 4) is 0 Å². The Morgan fingerprint density at radius 2 is 1.94 bits per heavy atom. The number of nitrogens with zero attached hydrogens (tertiary/aromatic N) is 2. The molecule has 9 nitrogen and oxygen atoms in total. The number of rotatable bonds is 8. The summed E-state index contributed by atoms with van der Waals surface area (Å²) in [6.07, 6.45) is -1.08. The molecule has 1 heterocycles. The smallest absolute Gasteiger partial charge is 0.317 e. The number of aryl methyl sites for hydroxylation is 1. The van der Waals surface area contributed by atoms with Crippen LogP contribution < -0.4 is 5.32 Å². The topological polar surface area (TPSA) is 119 Å². The molecular formula is C21H23N3O6S2. The Balaban J connectivity index is 1.59. The van der Waals surface area contributed by atoms with Gasteiger partial charge in [-0.25, -0.2) is 17.7 Å². The Bertz CT molecular complexity index is 1220. The first-order chi connectivity index (χ1) is 15.1. The van der Waals surface area contributed by atoms with Crippen LogP contribution in [0.2, 0.25) is 0 Å². The molecular weight excluding hydrogens is 454 g/mol. The first-order valence-electron chi connectivity index (χ1n) is 9.60. The van der Waals surface area contributed by atoms with Crippen LogP contribution in [0.15, 0.2) is 57.0 Å². The van der Waals surface area contributed by atoms with E-state index in [1.54, 1.807) is 25.1 Å². The Labute approximate surface area is 190 Å². The maximum Gasteiger partial charge on any atom is 0.317 e. The molecule has 2 aromatic carbocycles. The zero-order valence-corrected chi connectivity index (χ0v) is 19.6. The highest BCUT2D eigenvalue weighted by Crippen LogP contribution is 2.24. The molecule has 0 radical (unpaired) electrons. The molecule has 170 valence electrons. The van der Waals surface area contributed by atoms with E-state index in [1.807, 2.05) is 12.1 Å². The van der Waals surface area contributed by atoms with Crippen molar-refractivity contribution in [2.75, 3.05) is 25.2 Å². The molecule has 0 spiro atoms. The normalized spacial score (nSPS) is 12.7. The number of esters is 1. The molecule has 0 aliphatic heterocycles. The van der Waals surface area contributed by atoms with Crippen LogP contribution >= 0.6 is 11.8 Å². The molecule has 0 saturated heterocycles. The van der Waals surface area contributed by atoms with Crippen molar-refractivity contribution >= 4 is 50.4 Å². The van der Waals surface area contributed by atoms with E-state index in [0.29, 0.717) is 27.6 Å². The fourth-order valence-corrected chi connectivity index (χ4v) is 4.21. The van der Waals surface area contributed by atoms with E-state index in [4.69, 9.17) is 9.15 Å². The minimum Gasteiger partial charge on any atom is -0.452 e. The van der Waals surface area contributed by atoms with Crippen molar-refractivity contribution in [3.63, 3.8) is 0 Å². The number of aromatic nitrogens is 1. The van der Waals surface area contributed by atoms with Gasteiger partial charge < -0.3 is 14.5 Å². The SMILES string of the molecule is Cc1ccc(S(=O)(=O)N(C)C)cc1NC(=O)[C@H](C)OC(=O)CSc1nc2ccccc2o1. The number of benzene rings is 2. The van der Waals surface area contributed by atoms with Crippen molar-refractivity contribution in [1.29, 1.82) is 0 Å². The van der Waals surface area contributed by atoms with Gasteiger partial charge in [0.1, 0.15) is 11.3 Å². The van der Waals surface area contributed by atoms with Gasteiger partial charge in [0, 0.05) is 19.8 Å². The van der Waals surface area contributed by atoms with Gasteiger partial charge in [-0.2, -0.15) is 0 Å². The number of fused-ring (bicyclic) bond motifs is 1. The summed E-state index contributed by atoms with van der Waals surface area (Å²) in [6, 6.07) is 11.7. The molecule has 0 fully saturated rings. The Kier molecular flexibility index (Phi) is 7.22. The molecule has 1 aromatic heterocycles. The lowest BCUT2D eigenvalue weighted by molar-refractivity contribution is -0.150. The highest BCUT2D eigenvalue weighted by atomic mass is 32.2. The first kappa shape index (κ1) is 23.8. The van der Waals surface area contributed by atoms with E-state index in [9.17, 15) is 18.0 Å². The number of nitrogens with one attached hydrogen (secondary N) is 1. The van der Waals surface area contributed by atoms with Crippen LogP contribution in [-0.4, -0.2) is 55.5 Å². The second kappa shape index (κ2) is 9.72. The van der Waals surface area contributed by atoms with Gasteiger partial charge in [0.15, 0.2) is 11.7 Å². The summed E-state index contributed by atoms with van der Waals surface area (Å²) < 4.78 is 36.5. The van der Waals surface area contributed by atoms with Crippen LogP contribution in [-0.2, 0) is 24.3 Å². The number of carbonyl (C=O) groups excluding carboxylic acids is 2. The van der Waals surface area contributed by atoms with Crippen LogP contribution in [0.25, 0.3) is 11.1 Å². The van der Waals surface area contributed by atoms with E-state index in [0.717, 1.165) is 16.1 Å². The molecule has 0 aliphatic rings. The van der Waals surface area contributed by atoms with E-state index in [2.05, 4.69) is 10.3 Å². The number of para-hydroxylation sites is 2. The summed E-state index contributed by atoms with van der Waals surface area (Å²) >= 11 is 1.07. The predicted molar refractivity (Wildman–Crippen MR) is 121 cm³/mol. The number of hydrogen-bond donors (Lipinski definition) is 1. The number of amides is 1. The molecule has 0 aliphatic carbocycles. The largest absolute Gasteiger partial charge is 0.452 e. The molecule has 0 unspecified atom stereocenters. The summed E-state index contributed by atoms with van der Waals surface area (Å²) in [5.74, 6) is -1.27. The molecule has 32 heavy (non-hydrogen) atoms. The summed E-state index contributed by atoms with van der Waals surface area (Å²) in [5, 5.41) is 2.95. The number of thioether (sulfide) groups is 1. The summed E-state index contributed by atoms with van der Waals surface area (Å²) in [5.41, 5.74) is 2.29. The van der Waals surface area contributed by atoms with Gasteiger partial charge in [-0.15, -0.1) is 0 Å². The van der Waals surface area contributed by atoms with E-state index in [1.165, 1.54) is 33.2 Å². The van der Waals surface area contributed by atoms with Gasteiger partial charge in [-0.05, 0) is 43.7 Å². The minimum atomic E-state index is -3.66. The number of hydrogen-bond acceptors (Lipinski definition) is 8. The van der Waals surface area contributed by atoms with Gasteiger partial charge >= 0.3 is 5.97 Å². The third-order valence-electron chi connectivity index (χ3n) is 4.51. The second-order valence-corrected chi connectivity index (χ2v) is 10.2. The van der Waals surface area contributed by atoms with E-state index < -0.39 is 28.0 Å². The number of carbonyl (C=O) groups is 2. The lowest BCUT2D eigenvalue weighted by Gasteiger charge is -2.16. The monoisotopic (exact) mass is 477 g/mol. The van der Waals surface area contributed by atoms with Crippen molar-refractivity contribution in [1.82, 2.24) is 9.29 Å². The van der Waals surface area contributed by atoms with Gasteiger partial charge in [-0.1, -0.05) is 30.0 Å². The van der Waals surface area contributed by atoms with Gasteiger partial charge in [-0.3, -0.25) is 9.59 Å². The molecule has 1 N–H and O–H groups in total. The predicted octanol–water partition coefficient (Wildman–Crippen LogP) is 3.05. The van der Waals surface area contributed by atoms with Crippen LogP contribution in [0.1, 0.15) is 12.5 Å². The van der Waals surface area contributed by atoms with Crippen LogP contribution in [0, 0.1) is 6.92 Å². The fourth-order valence-electron chi connectivity index (χ4n) is 2.66. The van der Waals surface area contributed by atoms with Crippen molar-refractivity contribution in [2.24, 2.45) is 0 Å². The van der Waals surface area contributed by atoms with E-state index in [-0.39, 0.29) is 10.6 Å². The Hall–Kier alpha value is -2.89. The molecule has 0 bridgehead atoms. The third kappa shape index (κ3) is 5.47. The molecule has 1 atom stereocenters. The summed E-state index contributed by atoms with van der Waals surface area (Å²) in [4.78, 5) is 29.0. The average Bonchev–Trinajstić information content (AvgIpc) is 3.16. The van der Waals surface area contributed by atoms with Crippen LogP contribution in [0.3, 0.4) is 0 Å². The number of ether oxygens (including phenoxy) is 1. The highest BCUT2D eigenvalue weighted by Gasteiger charge is 2.22. The maximum absolute atomic E-state index is 12.5. The van der Waals surface area contributed by atoms with Crippen molar-refractivity contribution < 1.29 is 27.2 Å². The first-order valence-corrected chi connectivity index (χ1v) is 12.0. The van der Waals surface area contributed by atoms with Gasteiger partial charge in [0.05, 0.1) is 4.90 Å². The molecule has 3 rings (SSSR count). The molecule has 3 aromatic rings. The van der Waals surface area contributed by atoms with Crippen LogP contribution in [0.5, 0.6) is 0 Å². The number of sulfonamides is 1. The highest BCUT2D eigenvalue weighted by molar-refractivity contribution is 7.99. The van der Waals surface area contributed by atoms with Crippen molar-refractivity contribution in [3.05, 3.63) is 48.0 Å². The quantitative estimate of drug-likeness (QED) is 0.388. The maximum atomic E-state index is 12.5. The average molecular weight is 478 g/mol. The number of oxazole rings is 1. The summed E-state index contributed by atoms with van der Waals surface area (Å²) in [7, 11) is -0.807. The number of anilines is 1.